The van der Waals surface area contributed by atoms with Gasteiger partial charge in [0.1, 0.15) is 0 Å². The van der Waals surface area contributed by atoms with Gasteiger partial charge >= 0.3 is 6.09 Å². The Balaban J connectivity index is 1.25. The van der Waals surface area contributed by atoms with Crippen molar-refractivity contribution in [2.75, 3.05) is 84.5 Å². The SMILES string of the molecule is Cc1nn(-c2ccc(C(N)=O)c(NCCCOCCOCCOCCOCCOCCCNC(=O)O)c2)c2c1C(=O)CC(C)(C)C2. The molecule has 2 aromatic rings. The summed E-state index contributed by atoms with van der Waals surface area (Å²) in [6.45, 7) is 11.6. The van der Waals surface area contributed by atoms with Crippen LogP contribution in [0.25, 0.3) is 5.69 Å². The number of nitrogens with zero attached hydrogens (tertiary/aromatic N) is 2. The van der Waals surface area contributed by atoms with E-state index in [4.69, 9.17) is 34.5 Å². The summed E-state index contributed by atoms with van der Waals surface area (Å²) in [4.78, 5) is 35.2. The summed E-state index contributed by atoms with van der Waals surface area (Å²) >= 11 is 0. The van der Waals surface area contributed by atoms with Crippen LogP contribution in [-0.4, -0.2) is 112 Å². The van der Waals surface area contributed by atoms with Crippen molar-refractivity contribution in [3.8, 4) is 5.69 Å². The number of rotatable bonds is 23. The van der Waals surface area contributed by atoms with Crippen LogP contribution in [0.15, 0.2) is 18.2 Å². The number of amides is 2. The molecule has 14 heteroatoms. The van der Waals surface area contributed by atoms with E-state index in [9.17, 15) is 14.4 Å². The predicted octanol–water partition coefficient (Wildman–Crippen LogP) is 2.98. The molecule has 0 saturated carbocycles. The zero-order valence-corrected chi connectivity index (χ0v) is 27.2. The first kappa shape index (κ1) is 36.9. The molecule has 0 atom stereocenters. The highest BCUT2D eigenvalue weighted by Crippen LogP contribution is 2.37. The molecule has 0 aliphatic heterocycles. The second-order valence-electron chi connectivity index (χ2n) is 11.8. The molecule has 1 aliphatic carbocycles. The van der Waals surface area contributed by atoms with E-state index in [0.29, 0.717) is 121 Å². The number of ketones is 1. The molecule has 0 spiro atoms. The average Bonchev–Trinajstić information content (AvgIpc) is 3.32. The van der Waals surface area contributed by atoms with Crippen molar-refractivity contribution in [2.24, 2.45) is 11.1 Å². The second-order valence-corrected chi connectivity index (χ2v) is 11.8. The van der Waals surface area contributed by atoms with Crippen LogP contribution >= 0.6 is 0 Å². The Morgan fingerprint density at radius 1 is 0.891 bits per heavy atom. The molecule has 1 aliphatic rings. The van der Waals surface area contributed by atoms with Crippen molar-refractivity contribution in [2.45, 2.75) is 46.5 Å². The van der Waals surface area contributed by atoms with Crippen LogP contribution in [0.1, 0.15) is 65.2 Å². The summed E-state index contributed by atoms with van der Waals surface area (Å²) in [5.74, 6) is -0.413. The number of fused-ring (bicyclic) bond motifs is 1. The minimum Gasteiger partial charge on any atom is -0.465 e. The Bertz CT molecular complexity index is 1280. The van der Waals surface area contributed by atoms with Gasteiger partial charge in [-0.3, -0.25) is 9.59 Å². The highest BCUT2D eigenvalue weighted by Gasteiger charge is 2.35. The Hall–Kier alpha value is -3.56. The van der Waals surface area contributed by atoms with Gasteiger partial charge in [0.25, 0.3) is 5.91 Å². The van der Waals surface area contributed by atoms with E-state index in [-0.39, 0.29) is 11.2 Å². The van der Waals surface area contributed by atoms with E-state index < -0.39 is 12.0 Å². The number of primary amides is 1. The quantitative estimate of drug-likeness (QED) is 0.130. The maximum atomic E-state index is 12.8. The van der Waals surface area contributed by atoms with Crippen LogP contribution in [0, 0.1) is 12.3 Å². The monoisotopic (exact) mass is 647 g/mol. The molecule has 1 heterocycles. The third-order valence-electron chi connectivity index (χ3n) is 7.24. The lowest BCUT2D eigenvalue weighted by atomic mass is 9.75. The third kappa shape index (κ3) is 12.3. The molecule has 0 saturated heterocycles. The summed E-state index contributed by atoms with van der Waals surface area (Å²) in [5, 5.41) is 18.7. The lowest BCUT2D eigenvalue weighted by Gasteiger charge is -2.29. The second kappa shape index (κ2) is 19.2. The summed E-state index contributed by atoms with van der Waals surface area (Å²) in [6.07, 6.45) is 1.52. The van der Waals surface area contributed by atoms with Crippen LogP contribution in [0.5, 0.6) is 0 Å². The van der Waals surface area contributed by atoms with Crippen molar-refractivity contribution >= 4 is 23.5 Å². The highest BCUT2D eigenvalue weighted by molar-refractivity contribution is 6.00. The fourth-order valence-corrected chi connectivity index (χ4v) is 5.13. The zero-order chi connectivity index (χ0) is 33.4. The minimum atomic E-state index is -1.03. The lowest BCUT2D eigenvalue weighted by Crippen LogP contribution is -2.28. The largest absolute Gasteiger partial charge is 0.465 e. The van der Waals surface area contributed by atoms with Crippen LogP contribution in [-0.2, 0) is 30.1 Å². The fraction of sp³-hybridized carbons (Fsp3) is 0.625. The average molecular weight is 648 g/mol. The molecule has 1 aromatic heterocycles. The molecule has 256 valence electrons. The van der Waals surface area contributed by atoms with Gasteiger partial charge in [-0.1, -0.05) is 13.8 Å². The molecule has 1 aromatic carbocycles. The number of carbonyl (C=O) groups is 3. The van der Waals surface area contributed by atoms with Crippen molar-refractivity contribution in [1.82, 2.24) is 15.1 Å². The molecule has 2 amide bonds. The Morgan fingerprint density at radius 2 is 1.43 bits per heavy atom. The summed E-state index contributed by atoms with van der Waals surface area (Å²) < 4.78 is 29.2. The van der Waals surface area contributed by atoms with E-state index >= 15 is 0 Å². The predicted molar refractivity (Wildman–Crippen MR) is 171 cm³/mol. The van der Waals surface area contributed by atoms with Crippen LogP contribution in [0.4, 0.5) is 10.5 Å². The number of carbonyl (C=O) groups excluding carboxylic acids is 2. The van der Waals surface area contributed by atoms with Gasteiger partial charge in [0.2, 0.25) is 0 Å². The van der Waals surface area contributed by atoms with E-state index in [0.717, 1.165) is 17.8 Å². The number of nitrogens with two attached hydrogens (primary N) is 1. The van der Waals surface area contributed by atoms with Gasteiger partial charge in [-0.05, 0) is 49.8 Å². The number of anilines is 1. The standard InChI is InChI=1S/C32H49N5O9/c1-23-29-27(21-32(2,3)22-28(29)38)37(36-23)24-6-7-25(30(33)39)26(20-24)34-8-4-10-42-12-14-44-16-18-46-19-17-45-15-13-43-11-5-9-35-31(40)41/h6-7,20,34-35H,4-5,8-19,21-22H2,1-3H3,(H2,33,39)(H,40,41). The normalized spacial score (nSPS) is 13.8. The van der Waals surface area contributed by atoms with Gasteiger partial charge in [0.05, 0.1) is 81.1 Å². The molecule has 0 radical (unpaired) electrons. The van der Waals surface area contributed by atoms with Gasteiger partial charge in [-0.2, -0.15) is 5.10 Å². The van der Waals surface area contributed by atoms with E-state index in [1.54, 1.807) is 12.1 Å². The lowest BCUT2D eigenvalue weighted by molar-refractivity contribution is -0.0111. The minimum absolute atomic E-state index is 0.115. The topological polar surface area (TPSA) is 185 Å². The highest BCUT2D eigenvalue weighted by atomic mass is 16.6. The number of ether oxygens (including phenoxy) is 5. The summed E-state index contributed by atoms with van der Waals surface area (Å²) in [5.41, 5.74) is 9.55. The van der Waals surface area contributed by atoms with Crippen LogP contribution in [0.3, 0.4) is 0 Å². The van der Waals surface area contributed by atoms with Gasteiger partial charge in [-0.25, -0.2) is 9.48 Å². The molecular formula is C32H49N5O9. The fourth-order valence-electron chi connectivity index (χ4n) is 5.13. The van der Waals surface area contributed by atoms with E-state index in [1.807, 2.05) is 17.7 Å². The van der Waals surface area contributed by atoms with Gasteiger partial charge in [0.15, 0.2) is 5.78 Å². The number of aromatic nitrogens is 2. The smallest absolute Gasteiger partial charge is 0.404 e. The number of nitrogens with one attached hydrogen (secondary N) is 2. The zero-order valence-electron chi connectivity index (χ0n) is 27.2. The number of hydrogen-bond acceptors (Lipinski definition) is 10. The third-order valence-corrected chi connectivity index (χ3v) is 7.24. The van der Waals surface area contributed by atoms with Crippen LogP contribution in [0.2, 0.25) is 0 Å². The Kier molecular flexibility index (Phi) is 15.4. The molecule has 14 nitrogen and oxygen atoms in total. The van der Waals surface area contributed by atoms with Crippen molar-refractivity contribution in [3.05, 3.63) is 40.7 Å². The van der Waals surface area contributed by atoms with Crippen molar-refractivity contribution < 1.29 is 43.2 Å². The Labute approximate surface area is 270 Å². The first-order valence-electron chi connectivity index (χ1n) is 15.7. The van der Waals surface area contributed by atoms with Crippen molar-refractivity contribution in [3.63, 3.8) is 0 Å². The molecule has 46 heavy (non-hydrogen) atoms. The maximum Gasteiger partial charge on any atom is 0.404 e. The van der Waals surface area contributed by atoms with Crippen LogP contribution < -0.4 is 16.4 Å². The van der Waals surface area contributed by atoms with Gasteiger partial charge in [-0.15, -0.1) is 0 Å². The van der Waals surface area contributed by atoms with Gasteiger partial charge in [0, 0.05) is 38.4 Å². The maximum absolute atomic E-state index is 12.8. The molecule has 0 fully saturated rings. The first-order valence-corrected chi connectivity index (χ1v) is 15.7. The number of aryl methyl sites for hydroxylation is 1. The van der Waals surface area contributed by atoms with Crippen molar-refractivity contribution in [1.29, 1.82) is 0 Å². The number of carboxylic acid groups (broad SMARTS) is 1. The summed E-state index contributed by atoms with van der Waals surface area (Å²) in [7, 11) is 0. The summed E-state index contributed by atoms with van der Waals surface area (Å²) in [6, 6.07) is 5.34. The Morgan fingerprint density at radius 3 is 1.98 bits per heavy atom. The van der Waals surface area contributed by atoms with Gasteiger partial charge < -0.3 is 45.2 Å². The van der Waals surface area contributed by atoms with E-state index in [1.165, 1.54) is 0 Å². The molecule has 0 bridgehead atoms. The van der Waals surface area contributed by atoms with E-state index in [2.05, 4.69) is 29.6 Å². The number of benzene rings is 1. The molecular weight excluding hydrogens is 598 g/mol. The number of hydrogen-bond donors (Lipinski definition) is 4. The molecule has 0 unspecified atom stereocenters. The number of Topliss-reactive ketones (excluding diaryl/α,β-unsaturated/α-hetero) is 1. The first-order chi connectivity index (χ1) is 22.1. The molecule has 3 rings (SSSR count). The molecule has 5 N–H and O–H groups in total.